The van der Waals surface area contributed by atoms with Crippen molar-refractivity contribution in [2.45, 2.75) is 30.8 Å². The second kappa shape index (κ2) is 7.79. The Morgan fingerprint density at radius 1 is 1.41 bits per heavy atom. The first-order chi connectivity index (χ1) is 13.0. The molecule has 0 spiro atoms. The van der Waals surface area contributed by atoms with Gasteiger partial charge < -0.3 is 9.72 Å². The lowest BCUT2D eigenvalue weighted by Gasteiger charge is -2.15. The number of aromatic amines is 1. The van der Waals surface area contributed by atoms with Crippen LogP contribution in [0, 0.1) is 0 Å². The van der Waals surface area contributed by atoms with Crippen molar-refractivity contribution >= 4 is 45.5 Å². The summed E-state index contributed by atoms with van der Waals surface area (Å²) in [6, 6.07) is 7.44. The molecular weight excluding hydrogens is 366 g/mol. The maximum atomic E-state index is 13.0. The number of benzene rings is 1. The molecule has 7 nitrogen and oxygen atoms in total. The molecule has 1 aromatic carbocycles. The molecule has 2 heterocycles. The zero-order chi connectivity index (χ0) is 19.6. The van der Waals surface area contributed by atoms with Gasteiger partial charge in [0.05, 0.1) is 6.61 Å². The monoisotopic (exact) mass is 385 g/mol. The topological polar surface area (TPSA) is 94.0 Å². The van der Waals surface area contributed by atoms with Gasteiger partial charge in [0.1, 0.15) is 11.0 Å². The van der Waals surface area contributed by atoms with Gasteiger partial charge in [0.25, 0.3) is 5.56 Å². The van der Waals surface area contributed by atoms with Gasteiger partial charge in [-0.05, 0) is 19.9 Å². The maximum absolute atomic E-state index is 13.0. The summed E-state index contributed by atoms with van der Waals surface area (Å²) in [7, 11) is 0. The van der Waals surface area contributed by atoms with E-state index in [-0.39, 0.29) is 29.7 Å². The molecule has 1 N–H and O–H groups in total. The highest BCUT2D eigenvalue weighted by molar-refractivity contribution is 8.01. The number of carbonyl (C=O) groups excluding carboxylic acids is 2. The zero-order valence-corrected chi connectivity index (χ0v) is 15.8. The molecule has 1 unspecified atom stereocenters. The van der Waals surface area contributed by atoms with E-state index >= 15 is 0 Å². The van der Waals surface area contributed by atoms with Crippen molar-refractivity contribution in [3.63, 3.8) is 0 Å². The summed E-state index contributed by atoms with van der Waals surface area (Å²) in [5, 5.41) is -0.0197. The lowest BCUT2D eigenvalue weighted by atomic mass is 10.2. The third kappa shape index (κ3) is 3.52. The minimum absolute atomic E-state index is 0.164. The average molecular weight is 385 g/mol. The third-order valence-corrected chi connectivity index (χ3v) is 5.26. The molecule has 3 rings (SSSR count). The Bertz CT molecular complexity index is 1100. The van der Waals surface area contributed by atoms with Crippen molar-refractivity contribution in [2.24, 2.45) is 0 Å². The van der Waals surface area contributed by atoms with Crippen LogP contribution in [0.1, 0.15) is 13.8 Å². The largest absolute Gasteiger partial charge is 0.465 e. The van der Waals surface area contributed by atoms with Crippen molar-refractivity contribution in [3.8, 4) is 0 Å². The maximum Gasteiger partial charge on any atom is 0.327 e. The molecule has 0 fully saturated rings. The zero-order valence-electron chi connectivity index (χ0n) is 15.0. The standard InChI is InChI=1S/C19H19N3O4S/c1-4-10-22-17(24)15-14(12-8-6-7-9-13(12)20-15)21-19(22)27-16(11(3)23)18(25)26-5-2/h4,6-9,16,20H,1,5,10H2,2-3H3. The van der Waals surface area contributed by atoms with Crippen LogP contribution in [-0.4, -0.2) is 38.1 Å². The number of esters is 1. The smallest absolute Gasteiger partial charge is 0.327 e. The number of nitrogens with one attached hydrogen (secondary N) is 1. The van der Waals surface area contributed by atoms with E-state index in [0.717, 1.165) is 22.7 Å². The van der Waals surface area contributed by atoms with E-state index in [1.54, 1.807) is 13.0 Å². The summed E-state index contributed by atoms with van der Waals surface area (Å²) >= 11 is 0.919. The number of hydrogen-bond donors (Lipinski definition) is 1. The molecule has 140 valence electrons. The van der Waals surface area contributed by atoms with Crippen LogP contribution in [-0.2, 0) is 20.9 Å². The predicted molar refractivity (Wildman–Crippen MR) is 105 cm³/mol. The second-order valence-corrected chi connectivity index (χ2v) is 6.93. The van der Waals surface area contributed by atoms with Crippen LogP contribution in [0.3, 0.4) is 0 Å². The minimum Gasteiger partial charge on any atom is -0.465 e. The summed E-state index contributed by atoms with van der Waals surface area (Å²) < 4.78 is 6.38. The van der Waals surface area contributed by atoms with Crippen molar-refractivity contribution in [3.05, 3.63) is 47.3 Å². The third-order valence-electron chi connectivity index (χ3n) is 3.98. The lowest BCUT2D eigenvalue weighted by molar-refractivity contribution is -0.144. The summed E-state index contributed by atoms with van der Waals surface area (Å²) in [6.45, 7) is 7.02. The summed E-state index contributed by atoms with van der Waals surface area (Å²) in [6.07, 6.45) is 1.56. The van der Waals surface area contributed by atoms with Gasteiger partial charge in [-0.2, -0.15) is 0 Å². The van der Waals surface area contributed by atoms with Crippen LogP contribution in [0.25, 0.3) is 21.9 Å². The predicted octanol–water partition coefficient (Wildman–Crippen LogP) is 2.68. The van der Waals surface area contributed by atoms with Gasteiger partial charge >= 0.3 is 5.97 Å². The first-order valence-corrected chi connectivity index (χ1v) is 9.31. The second-order valence-electron chi connectivity index (χ2n) is 5.85. The normalized spacial score (nSPS) is 12.2. The minimum atomic E-state index is -1.09. The fourth-order valence-corrected chi connectivity index (χ4v) is 3.75. The number of ketones is 1. The van der Waals surface area contributed by atoms with Gasteiger partial charge in [0.15, 0.2) is 16.2 Å². The summed E-state index contributed by atoms with van der Waals surface area (Å²) in [5.74, 6) is -1.01. The van der Waals surface area contributed by atoms with E-state index in [4.69, 9.17) is 4.74 Å². The lowest BCUT2D eigenvalue weighted by Crippen LogP contribution is -2.30. The van der Waals surface area contributed by atoms with Crippen molar-refractivity contribution < 1.29 is 14.3 Å². The molecule has 1 atom stereocenters. The van der Waals surface area contributed by atoms with E-state index in [2.05, 4.69) is 16.5 Å². The van der Waals surface area contributed by atoms with Crippen molar-refractivity contribution in [1.82, 2.24) is 14.5 Å². The van der Waals surface area contributed by atoms with E-state index in [1.807, 2.05) is 24.3 Å². The van der Waals surface area contributed by atoms with Gasteiger partial charge in [-0.25, -0.2) is 4.98 Å². The Labute approximate surface area is 159 Å². The molecule has 2 aromatic heterocycles. The number of H-pyrrole nitrogens is 1. The number of rotatable bonds is 7. The van der Waals surface area contributed by atoms with Crippen LogP contribution >= 0.6 is 11.8 Å². The molecule has 27 heavy (non-hydrogen) atoms. The van der Waals surface area contributed by atoms with E-state index in [9.17, 15) is 14.4 Å². The number of carbonyl (C=O) groups is 2. The number of Topliss-reactive ketones (excluding diaryl/α,β-unsaturated/α-hetero) is 1. The van der Waals surface area contributed by atoms with Gasteiger partial charge in [-0.15, -0.1) is 6.58 Å². The average Bonchev–Trinajstić information content (AvgIpc) is 3.01. The van der Waals surface area contributed by atoms with Crippen LogP contribution in [0.4, 0.5) is 0 Å². The van der Waals surface area contributed by atoms with Crippen molar-refractivity contribution in [1.29, 1.82) is 0 Å². The van der Waals surface area contributed by atoms with Gasteiger partial charge in [0, 0.05) is 17.4 Å². The number of thioether (sulfide) groups is 1. The molecule has 3 aromatic rings. The van der Waals surface area contributed by atoms with Crippen LogP contribution in [0.2, 0.25) is 0 Å². The van der Waals surface area contributed by atoms with Crippen LogP contribution < -0.4 is 5.56 Å². The van der Waals surface area contributed by atoms with Crippen LogP contribution in [0.15, 0.2) is 46.9 Å². The quantitative estimate of drug-likeness (QED) is 0.221. The van der Waals surface area contributed by atoms with Gasteiger partial charge in [0.2, 0.25) is 0 Å². The number of allylic oxidation sites excluding steroid dienone is 1. The van der Waals surface area contributed by atoms with Crippen molar-refractivity contribution in [2.75, 3.05) is 6.61 Å². The molecule has 0 bridgehead atoms. The number of aromatic nitrogens is 3. The fourth-order valence-electron chi connectivity index (χ4n) is 2.78. The molecule has 0 radical (unpaired) electrons. The molecule has 8 heteroatoms. The van der Waals surface area contributed by atoms with E-state index in [0.29, 0.717) is 11.0 Å². The Morgan fingerprint density at radius 3 is 2.81 bits per heavy atom. The van der Waals surface area contributed by atoms with Crippen LogP contribution in [0.5, 0.6) is 0 Å². The first kappa shape index (κ1) is 18.9. The molecule has 0 saturated carbocycles. The molecule has 0 saturated heterocycles. The Balaban J connectivity index is 2.20. The fraction of sp³-hybridized carbons (Fsp3) is 0.263. The number of nitrogens with zero attached hydrogens (tertiary/aromatic N) is 2. The van der Waals surface area contributed by atoms with E-state index < -0.39 is 11.2 Å². The molecular formula is C19H19N3O4S. The SMILES string of the molecule is C=CCn1c(SC(C(C)=O)C(=O)OCC)nc2c([nH]c3ccccc32)c1=O. The molecule has 0 aliphatic rings. The number of ether oxygens (including phenoxy) is 1. The Hall–Kier alpha value is -2.87. The van der Waals surface area contributed by atoms with E-state index in [1.165, 1.54) is 11.5 Å². The number of para-hydroxylation sites is 1. The van der Waals surface area contributed by atoms with Gasteiger partial charge in [-0.3, -0.25) is 19.0 Å². The highest BCUT2D eigenvalue weighted by Crippen LogP contribution is 2.27. The number of hydrogen-bond acceptors (Lipinski definition) is 6. The van der Waals surface area contributed by atoms with Gasteiger partial charge in [-0.1, -0.05) is 36.0 Å². The highest BCUT2D eigenvalue weighted by Gasteiger charge is 2.29. The molecule has 0 amide bonds. The summed E-state index contributed by atoms with van der Waals surface area (Å²) in [4.78, 5) is 44.8. The molecule has 0 aliphatic carbocycles. The number of fused-ring (bicyclic) bond motifs is 3. The molecule has 0 aliphatic heterocycles. The summed E-state index contributed by atoms with van der Waals surface area (Å²) in [5.41, 5.74) is 1.38. The highest BCUT2D eigenvalue weighted by atomic mass is 32.2. The Kier molecular flexibility index (Phi) is 5.46. The Morgan fingerprint density at radius 2 is 2.15 bits per heavy atom. The first-order valence-electron chi connectivity index (χ1n) is 8.43.